The Labute approximate surface area is 111 Å². The summed E-state index contributed by atoms with van der Waals surface area (Å²) in [7, 11) is 1.93. The summed E-state index contributed by atoms with van der Waals surface area (Å²) in [6.45, 7) is 5.99. The predicted octanol–water partition coefficient (Wildman–Crippen LogP) is 1.78. The van der Waals surface area contributed by atoms with E-state index in [2.05, 4.69) is 40.4 Å². The van der Waals surface area contributed by atoms with Gasteiger partial charge in [0.25, 0.3) is 0 Å². The van der Waals surface area contributed by atoms with Crippen LogP contribution in [-0.2, 0) is 13.6 Å². The molecule has 2 aromatic heterocycles. The number of hydrogen-bond acceptors (Lipinski definition) is 5. The molecule has 96 valence electrons. The summed E-state index contributed by atoms with van der Waals surface area (Å²) in [6, 6.07) is 2.16. The zero-order valence-corrected chi connectivity index (χ0v) is 11.7. The van der Waals surface area contributed by atoms with Crippen LogP contribution in [0.4, 0.5) is 0 Å². The molecule has 0 aliphatic carbocycles. The van der Waals surface area contributed by atoms with Crippen molar-refractivity contribution in [3.8, 4) is 0 Å². The van der Waals surface area contributed by atoms with Crippen LogP contribution in [0, 0.1) is 6.92 Å². The number of pyridine rings is 1. The molecule has 0 fully saturated rings. The lowest BCUT2D eigenvalue weighted by atomic mass is 10.2. The van der Waals surface area contributed by atoms with E-state index in [1.807, 2.05) is 17.8 Å². The minimum Gasteiger partial charge on any atom is -0.313 e. The molecule has 2 rings (SSSR count). The van der Waals surface area contributed by atoms with E-state index < -0.39 is 0 Å². The maximum atomic E-state index is 4.49. The second-order valence-corrected chi connectivity index (χ2v) is 5.03. The summed E-state index contributed by atoms with van der Waals surface area (Å²) in [5.41, 5.74) is 2.37. The van der Waals surface area contributed by atoms with E-state index in [0.29, 0.717) is 0 Å². The first-order valence-corrected chi connectivity index (χ1v) is 6.70. The van der Waals surface area contributed by atoms with E-state index in [9.17, 15) is 0 Å². The van der Waals surface area contributed by atoms with Crippen molar-refractivity contribution in [3.63, 3.8) is 0 Å². The van der Waals surface area contributed by atoms with Gasteiger partial charge in [0.15, 0.2) is 5.16 Å². The molecular weight excluding hydrogens is 246 g/mol. The van der Waals surface area contributed by atoms with Gasteiger partial charge < -0.3 is 9.88 Å². The average molecular weight is 263 g/mol. The molecule has 6 heteroatoms. The highest BCUT2D eigenvalue weighted by molar-refractivity contribution is 7.99. The van der Waals surface area contributed by atoms with Crippen LogP contribution in [0.5, 0.6) is 0 Å². The van der Waals surface area contributed by atoms with E-state index in [4.69, 9.17) is 0 Å². The Morgan fingerprint density at radius 3 is 2.89 bits per heavy atom. The molecule has 1 N–H and O–H groups in total. The Bertz CT molecular complexity index is 523. The van der Waals surface area contributed by atoms with Crippen molar-refractivity contribution in [1.29, 1.82) is 0 Å². The van der Waals surface area contributed by atoms with Gasteiger partial charge in [-0.2, -0.15) is 0 Å². The Balaban J connectivity index is 2.12. The van der Waals surface area contributed by atoms with Gasteiger partial charge >= 0.3 is 0 Å². The highest BCUT2D eigenvalue weighted by atomic mass is 32.2. The molecule has 0 aliphatic rings. The molecule has 0 atom stereocenters. The Morgan fingerprint density at radius 1 is 1.44 bits per heavy atom. The molecule has 0 unspecified atom stereocenters. The van der Waals surface area contributed by atoms with Crippen molar-refractivity contribution in [1.82, 2.24) is 25.1 Å². The van der Waals surface area contributed by atoms with Gasteiger partial charge in [0, 0.05) is 19.8 Å². The lowest BCUT2D eigenvalue weighted by molar-refractivity contribution is 0.721. The lowest BCUT2D eigenvalue weighted by Crippen LogP contribution is -2.12. The molecule has 0 spiro atoms. The minimum atomic E-state index is 0.852. The Morgan fingerprint density at radius 2 is 2.28 bits per heavy atom. The van der Waals surface area contributed by atoms with Gasteiger partial charge in [-0.25, -0.2) is 4.98 Å². The topological polar surface area (TPSA) is 55.6 Å². The van der Waals surface area contributed by atoms with Gasteiger partial charge in [0.2, 0.25) is 0 Å². The average Bonchev–Trinajstić information content (AvgIpc) is 2.75. The highest BCUT2D eigenvalue weighted by Crippen LogP contribution is 2.26. The summed E-state index contributed by atoms with van der Waals surface area (Å²) < 4.78 is 1.89. The van der Waals surface area contributed by atoms with E-state index in [1.165, 1.54) is 22.9 Å². The first-order chi connectivity index (χ1) is 8.70. The van der Waals surface area contributed by atoms with Crippen LogP contribution in [0.15, 0.2) is 28.8 Å². The second kappa shape index (κ2) is 5.97. The fraction of sp³-hybridized carbons (Fsp3) is 0.417. The first-order valence-electron chi connectivity index (χ1n) is 5.88. The van der Waals surface area contributed by atoms with Gasteiger partial charge in [0.05, 0.1) is 0 Å². The van der Waals surface area contributed by atoms with Crippen LogP contribution in [0.2, 0.25) is 0 Å². The van der Waals surface area contributed by atoms with Crippen LogP contribution in [-0.4, -0.2) is 26.3 Å². The standard InChI is InChI=1S/C12H17N5S/c1-4-13-6-10-5-9(2)11(14-7-10)18-12-16-15-8-17(12)3/h5,7-8,13H,4,6H2,1-3H3. The summed E-state index contributed by atoms with van der Waals surface area (Å²) >= 11 is 1.54. The molecule has 2 heterocycles. The van der Waals surface area contributed by atoms with Crippen molar-refractivity contribution in [3.05, 3.63) is 29.7 Å². The van der Waals surface area contributed by atoms with Gasteiger partial charge in [-0.1, -0.05) is 13.0 Å². The largest absolute Gasteiger partial charge is 0.313 e. The maximum absolute atomic E-state index is 4.49. The van der Waals surface area contributed by atoms with E-state index in [-0.39, 0.29) is 0 Å². The maximum Gasteiger partial charge on any atom is 0.197 e. The van der Waals surface area contributed by atoms with Gasteiger partial charge in [-0.05, 0) is 36.4 Å². The third kappa shape index (κ3) is 3.08. The Hall–Kier alpha value is -1.40. The summed E-state index contributed by atoms with van der Waals surface area (Å²) in [6.07, 6.45) is 3.60. The monoisotopic (exact) mass is 263 g/mol. The van der Waals surface area contributed by atoms with Crippen molar-refractivity contribution in [2.75, 3.05) is 6.54 Å². The lowest BCUT2D eigenvalue weighted by Gasteiger charge is -2.07. The second-order valence-electron chi connectivity index (χ2n) is 4.07. The fourth-order valence-corrected chi connectivity index (χ4v) is 2.32. The number of rotatable bonds is 5. The minimum absolute atomic E-state index is 0.852. The van der Waals surface area contributed by atoms with E-state index >= 15 is 0 Å². The molecule has 18 heavy (non-hydrogen) atoms. The van der Waals surface area contributed by atoms with Crippen LogP contribution < -0.4 is 5.32 Å². The quantitative estimate of drug-likeness (QED) is 0.891. The molecule has 0 amide bonds. The number of hydrogen-bond donors (Lipinski definition) is 1. The van der Waals surface area contributed by atoms with Crippen LogP contribution in [0.1, 0.15) is 18.1 Å². The number of aromatic nitrogens is 4. The van der Waals surface area contributed by atoms with Crippen LogP contribution >= 0.6 is 11.8 Å². The summed E-state index contributed by atoms with van der Waals surface area (Å²) in [4.78, 5) is 4.49. The van der Waals surface area contributed by atoms with Gasteiger partial charge in [-0.3, -0.25) is 0 Å². The molecule has 0 aliphatic heterocycles. The third-order valence-corrected chi connectivity index (χ3v) is 3.70. The summed E-state index contributed by atoms with van der Waals surface area (Å²) in [5, 5.41) is 13.0. The van der Waals surface area contributed by atoms with Crippen molar-refractivity contribution in [2.45, 2.75) is 30.6 Å². The highest BCUT2D eigenvalue weighted by Gasteiger charge is 2.08. The molecule has 0 radical (unpaired) electrons. The predicted molar refractivity (Wildman–Crippen MR) is 71.5 cm³/mol. The molecule has 2 aromatic rings. The zero-order chi connectivity index (χ0) is 13.0. The molecule has 0 aromatic carbocycles. The number of aryl methyl sites for hydroxylation is 2. The number of nitrogens with zero attached hydrogens (tertiary/aromatic N) is 4. The molecule has 0 saturated carbocycles. The molecule has 0 saturated heterocycles. The van der Waals surface area contributed by atoms with E-state index in [0.717, 1.165) is 23.3 Å². The normalized spacial score (nSPS) is 10.8. The third-order valence-electron chi connectivity index (χ3n) is 2.52. The Kier molecular flexibility index (Phi) is 4.33. The smallest absolute Gasteiger partial charge is 0.197 e. The molecular formula is C12H17N5S. The van der Waals surface area contributed by atoms with Crippen LogP contribution in [0.25, 0.3) is 0 Å². The van der Waals surface area contributed by atoms with Crippen molar-refractivity contribution in [2.24, 2.45) is 7.05 Å². The van der Waals surface area contributed by atoms with Crippen molar-refractivity contribution >= 4 is 11.8 Å². The van der Waals surface area contributed by atoms with Crippen molar-refractivity contribution < 1.29 is 0 Å². The zero-order valence-electron chi connectivity index (χ0n) is 10.8. The van der Waals surface area contributed by atoms with Gasteiger partial charge in [-0.15, -0.1) is 10.2 Å². The molecule has 5 nitrogen and oxygen atoms in total. The van der Waals surface area contributed by atoms with Gasteiger partial charge in [0.1, 0.15) is 11.4 Å². The summed E-state index contributed by atoms with van der Waals surface area (Å²) in [5.74, 6) is 0. The SMILES string of the molecule is CCNCc1cnc(Sc2nncn2C)c(C)c1. The first kappa shape index (κ1) is 13.0. The van der Waals surface area contributed by atoms with E-state index in [1.54, 1.807) is 6.33 Å². The number of nitrogens with one attached hydrogen (secondary N) is 1. The van der Waals surface area contributed by atoms with Crippen LogP contribution in [0.3, 0.4) is 0 Å². The fourth-order valence-electron chi connectivity index (χ4n) is 1.54. The molecule has 0 bridgehead atoms.